The molecule has 0 aromatic carbocycles. The Labute approximate surface area is 136 Å². The second-order valence-electron chi connectivity index (χ2n) is 5.43. The molecule has 0 aliphatic heterocycles. The van der Waals surface area contributed by atoms with Gasteiger partial charge in [-0.05, 0) is 43.3 Å². The molecule has 120 valence electrons. The predicted molar refractivity (Wildman–Crippen MR) is 87.5 cm³/mol. The summed E-state index contributed by atoms with van der Waals surface area (Å²) in [6.07, 6.45) is 7.02. The molecule has 4 aromatic rings. The van der Waals surface area contributed by atoms with Crippen LogP contribution in [0, 0.1) is 12.7 Å². The van der Waals surface area contributed by atoms with E-state index in [1.165, 1.54) is 10.6 Å². The monoisotopic (exact) mass is 323 g/mol. The number of halogens is 1. The Hall–Kier alpha value is -3.22. The number of pyridine rings is 1. The van der Waals surface area contributed by atoms with E-state index in [9.17, 15) is 4.39 Å². The van der Waals surface area contributed by atoms with Crippen LogP contribution < -0.4 is 0 Å². The highest BCUT2D eigenvalue weighted by atomic mass is 19.1. The largest absolute Gasteiger partial charge is 0.460 e. The van der Waals surface area contributed by atoms with E-state index in [-0.39, 0.29) is 5.65 Å². The van der Waals surface area contributed by atoms with Gasteiger partial charge in [0, 0.05) is 19.4 Å². The Morgan fingerprint density at radius 2 is 2.04 bits per heavy atom. The van der Waals surface area contributed by atoms with Gasteiger partial charge in [-0.3, -0.25) is 0 Å². The van der Waals surface area contributed by atoms with Gasteiger partial charge in [-0.25, -0.2) is 18.9 Å². The molecule has 0 aliphatic rings. The van der Waals surface area contributed by atoms with Gasteiger partial charge in [0.25, 0.3) is 0 Å². The Kier molecular flexibility index (Phi) is 3.26. The van der Waals surface area contributed by atoms with E-state index in [4.69, 9.17) is 4.42 Å². The minimum atomic E-state index is -0.405. The number of aromatic nitrogens is 5. The van der Waals surface area contributed by atoms with Crippen LogP contribution in [0.15, 0.2) is 41.1 Å². The van der Waals surface area contributed by atoms with E-state index in [0.29, 0.717) is 5.82 Å². The van der Waals surface area contributed by atoms with Gasteiger partial charge in [0.15, 0.2) is 23.0 Å². The Balaban J connectivity index is 1.65. The molecule has 0 fully saturated rings. The molecule has 0 amide bonds. The number of fused-ring (bicyclic) bond motifs is 1. The van der Waals surface area contributed by atoms with Crippen LogP contribution in [0.1, 0.15) is 17.4 Å². The topological polar surface area (TPSA) is 61.2 Å². The maximum atomic E-state index is 13.6. The second-order valence-corrected chi connectivity index (χ2v) is 5.43. The summed E-state index contributed by atoms with van der Waals surface area (Å²) in [5.74, 6) is 2.29. The van der Waals surface area contributed by atoms with E-state index < -0.39 is 5.82 Å². The van der Waals surface area contributed by atoms with E-state index in [1.807, 2.05) is 36.9 Å². The number of nitrogens with zero attached hydrogens (tertiary/aromatic N) is 5. The van der Waals surface area contributed by atoms with Crippen LogP contribution in [-0.4, -0.2) is 24.1 Å². The lowest BCUT2D eigenvalue weighted by Crippen LogP contribution is -1.89. The van der Waals surface area contributed by atoms with E-state index in [0.717, 1.165) is 23.0 Å². The summed E-state index contributed by atoms with van der Waals surface area (Å²) in [7, 11) is 1.89. The van der Waals surface area contributed by atoms with Crippen LogP contribution in [0.4, 0.5) is 4.39 Å². The molecule has 4 aromatic heterocycles. The summed E-state index contributed by atoms with van der Waals surface area (Å²) >= 11 is 0. The molecular formula is C17H14FN5O. The van der Waals surface area contributed by atoms with Crippen molar-refractivity contribution < 1.29 is 8.81 Å². The van der Waals surface area contributed by atoms with E-state index in [2.05, 4.69) is 15.1 Å². The minimum absolute atomic E-state index is 0.198. The number of rotatable bonds is 3. The highest BCUT2D eigenvalue weighted by Gasteiger charge is 2.09. The highest BCUT2D eigenvalue weighted by Crippen LogP contribution is 2.21. The summed E-state index contributed by atoms with van der Waals surface area (Å²) in [6.45, 7) is 1.89. The molecule has 6 nitrogen and oxygen atoms in total. The molecule has 0 unspecified atom stereocenters. The lowest BCUT2D eigenvalue weighted by atomic mass is 10.3. The Morgan fingerprint density at radius 3 is 2.79 bits per heavy atom. The molecule has 4 rings (SSSR count). The zero-order valence-electron chi connectivity index (χ0n) is 13.1. The molecule has 7 heteroatoms. The molecule has 24 heavy (non-hydrogen) atoms. The van der Waals surface area contributed by atoms with Crippen LogP contribution in [0.3, 0.4) is 0 Å². The summed E-state index contributed by atoms with van der Waals surface area (Å²) in [6, 6.07) is 6.72. The number of aryl methyl sites for hydroxylation is 2. The summed E-state index contributed by atoms with van der Waals surface area (Å²) in [5.41, 5.74) is 0.947. The van der Waals surface area contributed by atoms with Crippen molar-refractivity contribution >= 4 is 17.8 Å². The SMILES string of the molecule is Cc1ccc(-c2cn(C)c(C=Cc3nc4c(F)cccn4n3)n2)o1. The van der Waals surface area contributed by atoms with Crippen molar-refractivity contribution in [1.29, 1.82) is 0 Å². The van der Waals surface area contributed by atoms with Crippen LogP contribution in [0.5, 0.6) is 0 Å². The van der Waals surface area contributed by atoms with Crippen LogP contribution in [0.2, 0.25) is 0 Å². The van der Waals surface area contributed by atoms with Crippen molar-refractivity contribution in [3.63, 3.8) is 0 Å². The molecular weight excluding hydrogens is 309 g/mol. The first-order valence-corrected chi connectivity index (χ1v) is 7.39. The van der Waals surface area contributed by atoms with Gasteiger partial charge in [-0.15, -0.1) is 5.10 Å². The average Bonchev–Trinajstić information content (AvgIpc) is 3.24. The summed E-state index contributed by atoms with van der Waals surface area (Å²) in [5, 5.41) is 4.21. The van der Waals surface area contributed by atoms with Crippen molar-refractivity contribution in [1.82, 2.24) is 24.1 Å². The molecule has 0 atom stereocenters. The lowest BCUT2D eigenvalue weighted by Gasteiger charge is -1.91. The molecule has 4 heterocycles. The van der Waals surface area contributed by atoms with Gasteiger partial charge < -0.3 is 8.98 Å². The Bertz CT molecular complexity index is 1060. The maximum absolute atomic E-state index is 13.6. The average molecular weight is 323 g/mol. The minimum Gasteiger partial charge on any atom is -0.460 e. The zero-order valence-corrected chi connectivity index (χ0v) is 13.1. The first-order valence-electron chi connectivity index (χ1n) is 7.39. The Morgan fingerprint density at radius 1 is 1.17 bits per heavy atom. The van der Waals surface area contributed by atoms with Gasteiger partial charge in [0.1, 0.15) is 17.3 Å². The molecule has 0 radical (unpaired) electrons. The number of furan rings is 1. The fourth-order valence-corrected chi connectivity index (χ4v) is 2.44. The fraction of sp³-hybridized carbons (Fsp3) is 0.118. The van der Waals surface area contributed by atoms with Crippen molar-refractivity contribution in [2.45, 2.75) is 6.92 Å². The van der Waals surface area contributed by atoms with Crippen LogP contribution >= 0.6 is 0 Å². The van der Waals surface area contributed by atoms with Gasteiger partial charge >= 0.3 is 0 Å². The fourth-order valence-electron chi connectivity index (χ4n) is 2.44. The molecule has 0 spiro atoms. The van der Waals surface area contributed by atoms with E-state index >= 15 is 0 Å². The standard InChI is InChI=1S/C17H14FN5O/c1-11-5-6-14(24-11)13-10-22(2)16(19-13)8-7-15-20-17-12(18)4-3-9-23(17)21-15/h3-10H,1-2H3. The quantitative estimate of drug-likeness (QED) is 0.580. The van der Waals surface area contributed by atoms with Crippen LogP contribution in [-0.2, 0) is 7.05 Å². The highest BCUT2D eigenvalue weighted by molar-refractivity contribution is 5.66. The summed E-state index contributed by atoms with van der Waals surface area (Å²) in [4.78, 5) is 8.69. The molecule has 0 saturated carbocycles. The van der Waals surface area contributed by atoms with Gasteiger partial charge in [0.05, 0.1) is 0 Å². The molecule has 0 saturated heterocycles. The first kappa shape index (κ1) is 14.4. The van der Waals surface area contributed by atoms with Gasteiger partial charge in [0.2, 0.25) is 0 Å². The molecule has 0 aliphatic carbocycles. The van der Waals surface area contributed by atoms with Crippen molar-refractivity contribution in [3.8, 4) is 11.5 Å². The van der Waals surface area contributed by atoms with E-state index in [1.54, 1.807) is 24.4 Å². The number of hydrogen-bond donors (Lipinski definition) is 0. The normalized spacial score (nSPS) is 11.8. The maximum Gasteiger partial charge on any atom is 0.191 e. The second kappa shape index (κ2) is 5.45. The van der Waals surface area contributed by atoms with Gasteiger partial charge in [-0.2, -0.15) is 0 Å². The predicted octanol–water partition coefficient (Wildman–Crippen LogP) is 3.34. The lowest BCUT2D eigenvalue weighted by molar-refractivity contribution is 0.546. The third-order valence-corrected chi connectivity index (χ3v) is 3.62. The number of imidazole rings is 1. The first-order chi connectivity index (χ1) is 11.6. The third-order valence-electron chi connectivity index (χ3n) is 3.62. The molecule has 0 bridgehead atoms. The molecule has 0 N–H and O–H groups in total. The smallest absolute Gasteiger partial charge is 0.191 e. The van der Waals surface area contributed by atoms with Crippen molar-refractivity contribution in [2.75, 3.05) is 0 Å². The van der Waals surface area contributed by atoms with Gasteiger partial charge in [-0.1, -0.05) is 0 Å². The third kappa shape index (κ3) is 2.50. The summed E-state index contributed by atoms with van der Waals surface area (Å²) < 4.78 is 22.5. The van der Waals surface area contributed by atoms with Crippen molar-refractivity contribution in [2.24, 2.45) is 7.05 Å². The van der Waals surface area contributed by atoms with Crippen molar-refractivity contribution in [3.05, 3.63) is 59.9 Å². The zero-order chi connectivity index (χ0) is 16.7. The van der Waals surface area contributed by atoms with Crippen LogP contribution in [0.25, 0.3) is 29.3 Å². The number of hydrogen-bond acceptors (Lipinski definition) is 4.